The Kier molecular flexibility index (Phi) is 9.42. The van der Waals surface area contributed by atoms with Crippen molar-refractivity contribution in [1.82, 2.24) is 15.0 Å². The van der Waals surface area contributed by atoms with Crippen molar-refractivity contribution in [3.63, 3.8) is 0 Å². The maximum Gasteiger partial charge on any atom is 0.305 e. The average molecular weight is 680 g/mol. The number of esters is 1. The molecular formula is C34H42FN5O7Si. The molecule has 1 aromatic heterocycles. The number of hydrogen-bond donors (Lipinski definition) is 1. The van der Waals surface area contributed by atoms with Gasteiger partial charge in [-0.1, -0.05) is 24.3 Å². The average Bonchev–Trinajstić information content (AvgIpc) is 3.71. The minimum atomic E-state index is -3.42. The normalized spacial score (nSPS) is 23.4. The van der Waals surface area contributed by atoms with E-state index in [1.165, 1.54) is 7.11 Å². The lowest BCUT2D eigenvalue weighted by atomic mass is 9.82. The van der Waals surface area contributed by atoms with Crippen LogP contribution in [0.2, 0.25) is 18.6 Å². The monoisotopic (exact) mass is 679 g/mol. The molecule has 0 radical (unpaired) electrons. The van der Waals surface area contributed by atoms with Gasteiger partial charge in [0.15, 0.2) is 12.2 Å². The summed E-state index contributed by atoms with van der Waals surface area (Å²) in [6.45, 7) is 5.76. The fourth-order valence-corrected chi connectivity index (χ4v) is 10.2. The van der Waals surface area contributed by atoms with Crippen LogP contribution in [0.15, 0.2) is 48.7 Å². The fourth-order valence-electron chi connectivity index (χ4n) is 7.63. The number of rotatable bonds is 12. The number of halogens is 1. The van der Waals surface area contributed by atoms with Crippen LogP contribution < -0.4 is 14.5 Å². The molecule has 1 fully saturated rings. The van der Waals surface area contributed by atoms with Crippen LogP contribution in [-0.4, -0.2) is 79.3 Å². The Morgan fingerprint density at radius 3 is 2.69 bits per heavy atom. The summed E-state index contributed by atoms with van der Waals surface area (Å²) in [5.74, 6) is -0.797. The van der Waals surface area contributed by atoms with Crippen molar-refractivity contribution in [2.75, 3.05) is 36.7 Å². The van der Waals surface area contributed by atoms with Crippen molar-refractivity contribution >= 4 is 43.3 Å². The molecule has 6 rings (SSSR count). The van der Waals surface area contributed by atoms with Crippen LogP contribution in [0.3, 0.4) is 0 Å². The minimum absolute atomic E-state index is 0.0431. The zero-order valence-electron chi connectivity index (χ0n) is 27.7. The zero-order valence-corrected chi connectivity index (χ0v) is 28.7. The number of benzene rings is 2. The van der Waals surface area contributed by atoms with E-state index < -0.39 is 31.6 Å². The van der Waals surface area contributed by atoms with Gasteiger partial charge in [-0.2, -0.15) is 0 Å². The number of methoxy groups -OCH3 is 1. The number of aromatic nitrogens is 3. The number of amides is 2. The molecule has 1 spiro atoms. The second-order valence-corrected chi connectivity index (χ2v) is 17.0. The van der Waals surface area contributed by atoms with Crippen LogP contribution in [0, 0.1) is 5.92 Å². The SMILES string of the molecule is COC(=O)CCCCN1C(=O)[C@]2(O[C@H](CCn3cc(CCO)nn3)[C@@H]([Si](C)(C)F)[C@@H]2C)c2cc(N3C(=O)COc4ccccc43)ccc21. The van der Waals surface area contributed by atoms with Gasteiger partial charge in [0.25, 0.3) is 11.8 Å². The van der Waals surface area contributed by atoms with Crippen LogP contribution in [0.25, 0.3) is 0 Å². The van der Waals surface area contributed by atoms with Gasteiger partial charge < -0.3 is 28.3 Å². The number of unbranched alkanes of at least 4 members (excludes halogenated alkanes) is 1. The second-order valence-electron chi connectivity index (χ2n) is 13.2. The number of aliphatic hydroxyl groups is 1. The Balaban J connectivity index is 1.39. The van der Waals surface area contributed by atoms with Crippen LogP contribution in [0.1, 0.15) is 43.9 Å². The number of fused-ring (bicyclic) bond motifs is 3. The van der Waals surface area contributed by atoms with Crippen molar-refractivity contribution < 1.29 is 37.8 Å². The highest BCUT2D eigenvalue weighted by Gasteiger charge is 2.66. The van der Waals surface area contributed by atoms with Gasteiger partial charge in [0, 0.05) is 61.4 Å². The first-order valence-electron chi connectivity index (χ1n) is 16.4. The molecule has 1 N–H and O–H groups in total. The van der Waals surface area contributed by atoms with Crippen molar-refractivity contribution in [2.24, 2.45) is 5.92 Å². The Morgan fingerprint density at radius 2 is 1.94 bits per heavy atom. The number of para-hydroxylation sites is 2. The number of hydrogen-bond acceptors (Lipinski definition) is 9. The molecule has 1 saturated heterocycles. The van der Waals surface area contributed by atoms with Gasteiger partial charge in [0.1, 0.15) is 5.75 Å². The number of carbonyl (C=O) groups is 3. The quantitative estimate of drug-likeness (QED) is 0.128. The summed E-state index contributed by atoms with van der Waals surface area (Å²) in [6, 6.07) is 12.8. The third kappa shape index (κ3) is 6.01. The lowest BCUT2D eigenvalue weighted by Crippen LogP contribution is -2.45. The maximum absolute atomic E-state index is 16.4. The summed E-state index contributed by atoms with van der Waals surface area (Å²) in [6.07, 6.45) is 3.24. The van der Waals surface area contributed by atoms with E-state index in [2.05, 4.69) is 10.3 Å². The molecule has 12 nitrogen and oxygen atoms in total. The highest BCUT2D eigenvalue weighted by molar-refractivity contribution is 6.72. The number of aliphatic hydroxyl groups excluding tert-OH is 1. The van der Waals surface area contributed by atoms with Crippen molar-refractivity contribution in [2.45, 2.75) is 75.9 Å². The third-order valence-corrected chi connectivity index (χ3v) is 12.2. The van der Waals surface area contributed by atoms with Gasteiger partial charge in [-0.15, -0.1) is 5.10 Å². The molecule has 0 aliphatic carbocycles. The highest BCUT2D eigenvalue weighted by atomic mass is 28.4. The van der Waals surface area contributed by atoms with E-state index in [4.69, 9.17) is 14.2 Å². The smallest absolute Gasteiger partial charge is 0.305 e. The van der Waals surface area contributed by atoms with E-state index in [0.717, 1.165) is 0 Å². The Morgan fingerprint density at radius 1 is 1.15 bits per heavy atom. The van der Waals surface area contributed by atoms with E-state index in [0.29, 0.717) is 72.8 Å². The highest BCUT2D eigenvalue weighted by Crippen LogP contribution is 2.61. The molecule has 3 aliphatic heterocycles. The Bertz CT molecular complexity index is 1700. The summed E-state index contributed by atoms with van der Waals surface area (Å²) in [4.78, 5) is 43.1. The van der Waals surface area contributed by atoms with Crippen LogP contribution >= 0.6 is 0 Å². The third-order valence-electron chi connectivity index (χ3n) is 9.75. The van der Waals surface area contributed by atoms with Crippen LogP contribution in [0.5, 0.6) is 5.75 Å². The molecule has 0 saturated carbocycles. The van der Waals surface area contributed by atoms with Crippen molar-refractivity contribution in [3.8, 4) is 5.75 Å². The molecule has 256 valence electrons. The molecule has 4 atom stereocenters. The van der Waals surface area contributed by atoms with Gasteiger partial charge in [0.05, 0.1) is 30.3 Å². The lowest BCUT2D eigenvalue weighted by Gasteiger charge is -2.32. The fraction of sp³-hybridized carbons (Fsp3) is 0.500. The number of ether oxygens (including phenoxy) is 3. The first kappa shape index (κ1) is 33.7. The summed E-state index contributed by atoms with van der Waals surface area (Å²) in [5.41, 5.74) is 1.03. The van der Waals surface area contributed by atoms with Crippen LogP contribution in [0.4, 0.5) is 21.2 Å². The molecule has 4 heterocycles. The Hall–Kier alpha value is -4.14. The molecule has 3 aromatic rings. The van der Waals surface area contributed by atoms with Crippen LogP contribution in [-0.2, 0) is 42.4 Å². The second kappa shape index (κ2) is 13.4. The predicted octanol–water partition coefficient (Wildman–Crippen LogP) is 4.43. The molecule has 14 heteroatoms. The Labute approximate surface area is 279 Å². The lowest BCUT2D eigenvalue weighted by molar-refractivity contribution is -0.146. The topological polar surface area (TPSA) is 136 Å². The first-order chi connectivity index (χ1) is 23.0. The van der Waals surface area contributed by atoms with Gasteiger partial charge >= 0.3 is 5.97 Å². The number of anilines is 3. The molecule has 2 amide bonds. The number of aryl methyl sites for hydroxylation is 1. The standard InChI is InChI=1S/C34H42FN5O7Si/c1-22-32(48(3,4)35)29(14-17-38-20-23(15-18-41)36-37-38)47-34(22)25-19-24(40-27-9-5-6-10-28(27)46-21-30(40)42)12-13-26(25)39(33(34)44)16-8-7-11-31(43)45-2/h5-6,9-10,12-13,19-20,22,29,32,41H,7-8,11,14-18,21H2,1-4H3/t22-,29+,32-,34+/m0/s1. The summed E-state index contributed by atoms with van der Waals surface area (Å²) in [5, 5.41) is 17.5. The minimum Gasteiger partial charge on any atom is -0.482 e. The first-order valence-corrected chi connectivity index (χ1v) is 19.4. The molecule has 2 aromatic carbocycles. The molecule has 48 heavy (non-hydrogen) atoms. The summed E-state index contributed by atoms with van der Waals surface area (Å²) >= 11 is 0. The zero-order chi connectivity index (χ0) is 34.2. The van der Waals surface area contributed by atoms with Crippen molar-refractivity contribution in [1.29, 1.82) is 0 Å². The molecular weight excluding hydrogens is 637 g/mol. The van der Waals surface area contributed by atoms with E-state index in [1.807, 2.05) is 43.3 Å². The van der Waals surface area contributed by atoms with E-state index in [-0.39, 0.29) is 37.4 Å². The van der Waals surface area contributed by atoms with Gasteiger partial charge in [-0.25, -0.2) is 0 Å². The van der Waals surface area contributed by atoms with Gasteiger partial charge in [0.2, 0.25) is 8.41 Å². The maximum atomic E-state index is 16.4. The van der Waals surface area contributed by atoms with Gasteiger partial charge in [-0.05, 0) is 62.7 Å². The van der Waals surface area contributed by atoms with Gasteiger partial charge in [-0.3, -0.25) is 24.0 Å². The molecule has 0 bridgehead atoms. The predicted molar refractivity (Wildman–Crippen MR) is 177 cm³/mol. The van der Waals surface area contributed by atoms with E-state index in [9.17, 15) is 19.5 Å². The summed E-state index contributed by atoms with van der Waals surface area (Å²) in [7, 11) is -2.07. The number of nitrogens with zero attached hydrogens (tertiary/aromatic N) is 5. The summed E-state index contributed by atoms with van der Waals surface area (Å²) < 4.78 is 35.4. The molecule has 3 aliphatic rings. The van der Waals surface area contributed by atoms with E-state index >= 15 is 4.11 Å². The largest absolute Gasteiger partial charge is 0.482 e. The molecule has 0 unspecified atom stereocenters. The van der Waals surface area contributed by atoms with Crippen molar-refractivity contribution in [3.05, 3.63) is 59.9 Å². The van der Waals surface area contributed by atoms with E-state index in [1.54, 1.807) is 39.8 Å². The number of carbonyl (C=O) groups excluding carboxylic acids is 3.